The van der Waals surface area contributed by atoms with Crippen LogP contribution in [-0.4, -0.2) is 27.4 Å². The molecule has 8 heteroatoms. The molecule has 0 unspecified atom stereocenters. The van der Waals surface area contributed by atoms with Crippen LogP contribution in [0.3, 0.4) is 0 Å². The number of halogens is 1. The first-order chi connectivity index (χ1) is 12.1. The van der Waals surface area contributed by atoms with Crippen LogP contribution in [0, 0.1) is 18.2 Å². The summed E-state index contributed by atoms with van der Waals surface area (Å²) in [5.74, 6) is -2.25. The Morgan fingerprint density at radius 3 is 2.62 bits per heavy atom. The number of aromatic nitrogens is 1. The number of nitrogen functional groups attached to an aromatic ring is 1. The van der Waals surface area contributed by atoms with E-state index in [9.17, 15) is 19.1 Å². The van der Waals surface area contributed by atoms with Gasteiger partial charge in [0.05, 0.1) is 16.6 Å². The third kappa shape index (κ3) is 2.76. The Bertz CT molecular complexity index is 1010. The molecule has 1 saturated carbocycles. The molecule has 3 rings (SSSR count). The lowest BCUT2D eigenvalue weighted by molar-refractivity contribution is 0.0695. The topological polar surface area (TPSA) is 135 Å². The van der Waals surface area contributed by atoms with E-state index in [1.54, 1.807) is 18.4 Å². The molecule has 0 amide bonds. The minimum absolute atomic E-state index is 0.000655. The van der Waals surface area contributed by atoms with E-state index < -0.39 is 28.5 Å². The summed E-state index contributed by atoms with van der Waals surface area (Å²) in [6.07, 6.45) is 3.12. The maximum Gasteiger partial charge on any atom is 0.341 e. The van der Waals surface area contributed by atoms with E-state index in [4.69, 9.17) is 16.9 Å². The number of aromatic carboxylic acids is 1. The van der Waals surface area contributed by atoms with Crippen molar-refractivity contribution in [2.45, 2.75) is 45.2 Å². The number of carboxylic acids is 1. The van der Waals surface area contributed by atoms with E-state index in [1.165, 1.54) is 6.20 Å². The fourth-order valence-electron chi connectivity index (χ4n) is 3.37. The molecular weight excluding hydrogens is 339 g/mol. The van der Waals surface area contributed by atoms with Crippen molar-refractivity contribution in [3.05, 3.63) is 38.9 Å². The maximum atomic E-state index is 15.0. The number of anilines is 1. The Hall–Kier alpha value is -2.74. The van der Waals surface area contributed by atoms with E-state index in [1.807, 2.05) is 0 Å². The number of hydrogen-bond donors (Lipinski definition) is 4. The second-order valence-electron chi connectivity index (χ2n) is 6.93. The van der Waals surface area contributed by atoms with Gasteiger partial charge >= 0.3 is 5.97 Å². The summed E-state index contributed by atoms with van der Waals surface area (Å²) in [5.41, 5.74) is 10.8. The third-order valence-corrected chi connectivity index (χ3v) is 4.69. The highest BCUT2D eigenvalue weighted by atomic mass is 19.1. The first kappa shape index (κ1) is 18.1. The molecule has 138 valence electrons. The van der Waals surface area contributed by atoms with Crippen LogP contribution in [0.1, 0.15) is 53.7 Å². The molecule has 0 aliphatic heterocycles. The second-order valence-corrected chi connectivity index (χ2v) is 6.93. The quantitative estimate of drug-likeness (QED) is 0.479. The molecule has 1 heterocycles. The number of carbonyl (C=O) groups is 1. The van der Waals surface area contributed by atoms with Gasteiger partial charge in [0.2, 0.25) is 5.43 Å². The monoisotopic (exact) mass is 360 g/mol. The summed E-state index contributed by atoms with van der Waals surface area (Å²) in [4.78, 5) is 24.1. The van der Waals surface area contributed by atoms with Crippen molar-refractivity contribution < 1.29 is 14.3 Å². The average Bonchev–Trinajstić information content (AvgIpc) is 3.36. The van der Waals surface area contributed by atoms with Crippen molar-refractivity contribution in [3.8, 4) is 0 Å². The number of benzene rings is 1. The molecule has 7 nitrogen and oxygen atoms in total. The van der Waals surface area contributed by atoms with E-state index in [0.29, 0.717) is 11.1 Å². The van der Waals surface area contributed by atoms with Gasteiger partial charge in [-0.25, -0.2) is 9.18 Å². The molecule has 1 fully saturated rings. The van der Waals surface area contributed by atoms with E-state index in [-0.39, 0.29) is 35.2 Å². The van der Waals surface area contributed by atoms with Crippen molar-refractivity contribution in [1.29, 1.82) is 5.41 Å². The first-order valence-electron chi connectivity index (χ1n) is 8.38. The largest absolute Gasteiger partial charge is 0.477 e. The zero-order valence-corrected chi connectivity index (χ0v) is 14.6. The maximum absolute atomic E-state index is 15.0. The van der Waals surface area contributed by atoms with Crippen molar-refractivity contribution >= 4 is 28.3 Å². The molecular formula is C18H21FN4O3. The van der Waals surface area contributed by atoms with Gasteiger partial charge in [-0.2, -0.15) is 0 Å². The highest BCUT2D eigenvalue weighted by Gasteiger charge is 2.30. The van der Waals surface area contributed by atoms with Crippen LogP contribution in [0.2, 0.25) is 0 Å². The van der Waals surface area contributed by atoms with Crippen LogP contribution in [0.15, 0.2) is 11.0 Å². The molecule has 1 aromatic heterocycles. The number of carboxylic acid groups (broad SMARTS) is 1. The van der Waals surface area contributed by atoms with E-state index >= 15 is 0 Å². The van der Waals surface area contributed by atoms with Crippen molar-refractivity contribution in [2.24, 2.45) is 5.73 Å². The van der Waals surface area contributed by atoms with Crippen molar-refractivity contribution in [1.82, 2.24) is 4.57 Å². The van der Waals surface area contributed by atoms with Gasteiger partial charge in [0.1, 0.15) is 5.56 Å². The Morgan fingerprint density at radius 1 is 1.50 bits per heavy atom. The first-order valence-corrected chi connectivity index (χ1v) is 8.38. The Labute approximate surface area is 148 Å². The highest BCUT2D eigenvalue weighted by molar-refractivity contribution is 6.08. The predicted molar refractivity (Wildman–Crippen MR) is 97.6 cm³/mol. The number of nitrogens with one attached hydrogen (secondary N) is 1. The molecule has 6 N–H and O–H groups in total. The number of nitrogens with zero attached hydrogens (tertiary/aromatic N) is 1. The number of hydrogen-bond acceptors (Lipinski definition) is 5. The number of nitrogens with two attached hydrogens (primary N) is 2. The normalized spacial score (nSPS) is 15.2. The smallest absolute Gasteiger partial charge is 0.341 e. The summed E-state index contributed by atoms with van der Waals surface area (Å²) in [7, 11) is 0. The summed E-state index contributed by atoms with van der Waals surface area (Å²) < 4.78 is 16.6. The third-order valence-electron chi connectivity index (χ3n) is 4.69. The molecule has 0 spiro atoms. The summed E-state index contributed by atoms with van der Waals surface area (Å²) in [5, 5.41) is 17.4. The van der Waals surface area contributed by atoms with Gasteiger partial charge < -0.3 is 26.6 Å². The lowest BCUT2D eigenvalue weighted by Gasteiger charge is -2.20. The minimum atomic E-state index is -1.38. The van der Waals surface area contributed by atoms with Crippen LogP contribution < -0.4 is 16.9 Å². The number of pyridine rings is 1. The molecule has 1 aliphatic rings. The molecule has 2 aromatic rings. The Morgan fingerprint density at radius 2 is 2.12 bits per heavy atom. The predicted octanol–water partition coefficient (Wildman–Crippen LogP) is 2.17. The fraction of sp³-hybridized carbons (Fsp3) is 0.389. The van der Waals surface area contributed by atoms with Crippen LogP contribution in [0.5, 0.6) is 0 Å². The van der Waals surface area contributed by atoms with Crippen LogP contribution >= 0.6 is 0 Å². The van der Waals surface area contributed by atoms with Gasteiger partial charge in [0.15, 0.2) is 5.82 Å². The van der Waals surface area contributed by atoms with E-state index in [0.717, 1.165) is 12.8 Å². The van der Waals surface area contributed by atoms with Crippen LogP contribution in [0.4, 0.5) is 10.1 Å². The van der Waals surface area contributed by atoms with Crippen molar-refractivity contribution in [3.63, 3.8) is 0 Å². The minimum Gasteiger partial charge on any atom is -0.477 e. The Kier molecular flexibility index (Phi) is 4.31. The van der Waals surface area contributed by atoms with E-state index in [2.05, 4.69) is 0 Å². The molecule has 1 aliphatic carbocycles. The molecule has 0 bridgehead atoms. The summed E-state index contributed by atoms with van der Waals surface area (Å²) >= 11 is 0. The van der Waals surface area contributed by atoms with Crippen LogP contribution in [0.25, 0.3) is 10.9 Å². The summed E-state index contributed by atoms with van der Waals surface area (Å²) in [6, 6.07) is -0.298. The molecule has 1 atom stereocenters. The van der Waals surface area contributed by atoms with Gasteiger partial charge in [-0.1, -0.05) is 0 Å². The molecule has 0 saturated heterocycles. The zero-order valence-electron chi connectivity index (χ0n) is 14.6. The zero-order chi connectivity index (χ0) is 19.3. The van der Waals surface area contributed by atoms with Crippen molar-refractivity contribution in [2.75, 3.05) is 5.73 Å². The van der Waals surface area contributed by atoms with Gasteiger partial charge in [0, 0.05) is 36.0 Å². The SMILES string of the molecule is Cc1c(C(=N)C[C@H](C)N)c(F)c(N)c2c(=O)c(C(=O)O)cn(C3CC3)c12. The average molecular weight is 360 g/mol. The second kappa shape index (κ2) is 6.21. The molecule has 0 radical (unpaired) electrons. The standard InChI is InChI=1S/C18H21FN4O3/c1-7(20)5-11(21)12-8(2)16-13(15(22)14(12)19)17(24)10(18(25)26)6-23(16)9-3-4-9/h6-7,9,21H,3-5,20,22H2,1-2H3,(H,25,26)/t7-/m0/s1. The van der Waals surface area contributed by atoms with Crippen LogP contribution in [-0.2, 0) is 0 Å². The number of fused-ring (bicyclic) bond motifs is 1. The van der Waals surface area contributed by atoms with Gasteiger partial charge in [-0.05, 0) is 32.3 Å². The Balaban J connectivity index is 2.45. The highest BCUT2D eigenvalue weighted by Crippen LogP contribution is 2.40. The number of aryl methyl sites for hydroxylation is 1. The summed E-state index contributed by atoms with van der Waals surface area (Å²) in [6.45, 7) is 3.33. The van der Waals surface area contributed by atoms with Gasteiger partial charge in [-0.15, -0.1) is 0 Å². The van der Waals surface area contributed by atoms with Gasteiger partial charge in [-0.3, -0.25) is 4.79 Å². The van der Waals surface area contributed by atoms with Gasteiger partial charge in [0.25, 0.3) is 0 Å². The molecule has 1 aromatic carbocycles. The fourth-order valence-corrected chi connectivity index (χ4v) is 3.37. The lowest BCUT2D eigenvalue weighted by Crippen LogP contribution is -2.24. The lowest BCUT2D eigenvalue weighted by atomic mass is 9.94. The molecule has 26 heavy (non-hydrogen) atoms. The number of rotatable bonds is 5.